The van der Waals surface area contributed by atoms with E-state index in [-0.39, 0.29) is 16.9 Å². The smallest absolute Gasteiger partial charge is 0.229 e. The van der Waals surface area contributed by atoms with Gasteiger partial charge in [0.05, 0.1) is 5.69 Å². The quantitative estimate of drug-likeness (QED) is 0.855. The monoisotopic (exact) mass is 284 g/mol. The van der Waals surface area contributed by atoms with Crippen molar-refractivity contribution >= 4 is 39.3 Å². The first-order chi connectivity index (χ1) is 8.47. The van der Waals surface area contributed by atoms with Crippen molar-refractivity contribution in [1.82, 2.24) is 4.98 Å². The Bertz CT molecular complexity index is 465. The highest BCUT2D eigenvalue weighted by atomic mass is 32.2. The van der Waals surface area contributed by atoms with Gasteiger partial charge in [-0.25, -0.2) is 4.98 Å². The van der Waals surface area contributed by atoms with Crippen LogP contribution >= 0.6 is 23.1 Å². The molecule has 1 aromatic heterocycles. The van der Waals surface area contributed by atoms with Crippen molar-refractivity contribution in [2.24, 2.45) is 5.92 Å². The highest BCUT2D eigenvalue weighted by molar-refractivity contribution is 8.13. The minimum Gasteiger partial charge on any atom is -0.288 e. The zero-order valence-corrected chi connectivity index (χ0v) is 12.4. The molecular weight excluding hydrogens is 268 g/mol. The van der Waals surface area contributed by atoms with Crippen LogP contribution in [0.15, 0.2) is 0 Å². The molecule has 4 nitrogen and oxygen atoms in total. The number of rotatable bonds is 3. The summed E-state index contributed by atoms with van der Waals surface area (Å²) in [4.78, 5) is 30.2. The highest BCUT2D eigenvalue weighted by Gasteiger charge is 2.32. The van der Waals surface area contributed by atoms with Crippen LogP contribution in [0, 0.1) is 19.8 Å². The molecule has 1 aliphatic heterocycles. The van der Waals surface area contributed by atoms with E-state index in [1.54, 1.807) is 23.2 Å². The first-order valence-corrected chi connectivity index (χ1v) is 7.65. The minimum absolute atomic E-state index is 0.113. The molecule has 1 amide bonds. The van der Waals surface area contributed by atoms with Gasteiger partial charge in [-0.05, 0) is 19.8 Å². The maximum atomic E-state index is 11.9. The highest BCUT2D eigenvalue weighted by Crippen LogP contribution is 2.31. The molecule has 0 bridgehead atoms. The molecule has 0 aromatic carbocycles. The van der Waals surface area contributed by atoms with E-state index >= 15 is 0 Å². The molecule has 2 heterocycles. The van der Waals surface area contributed by atoms with Gasteiger partial charge < -0.3 is 0 Å². The van der Waals surface area contributed by atoms with Gasteiger partial charge in [-0.2, -0.15) is 0 Å². The third-order valence-corrected chi connectivity index (χ3v) is 5.12. The van der Waals surface area contributed by atoms with Crippen LogP contribution in [0.1, 0.15) is 23.9 Å². The molecule has 0 spiro atoms. The normalized spacial score (nSPS) is 19.6. The van der Waals surface area contributed by atoms with E-state index in [4.69, 9.17) is 0 Å². The number of aryl methyl sites for hydroxylation is 2. The molecule has 1 aliphatic rings. The summed E-state index contributed by atoms with van der Waals surface area (Å²) in [7, 11) is 0. The van der Waals surface area contributed by atoms with Crippen molar-refractivity contribution in [2.75, 3.05) is 17.2 Å². The summed E-state index contributed by atoms with van der Waals surface area (Å²) in [5.41, 5.74) is 0.990. The molecule has 18 heavy (non-hydrogen) atoms. The fraction of sp³-hybridized carbons (Fsp3) is 0.583. The van der Waals surface area contributed by atoms with Crippen LogP contribution in [-0.4, -0.2) is 28.3 Å². The van der Waals surface area contributed by atoms with Crippen molar-refractivity contribution in [3.63, 3.8) is 0 Å². The molecule has 0 N–H and O–H groups in total. The lowest BCUT2D eigenvalue weighted by Crippen LogP contribution is -2.24. The minimum atomic E-state index is 0.113. The van der Waals surface area contributed by atoms with E-state index in [9.17, 15) is 9.59 Å². The van der Waals surface area contributed by atoms with Crippen molar-refractivity contribution in [1.29, 1.82) is 0 Å². The Labute approximate surface area is 115 Å². The first-order valence-electron chi connectivity index (χ1n) is 5.85. The van der Waals surface area contributed by atoms with Crippen molar-refractivity contribution in [3.8, 4) is 0 Å². The molecule has 98 valence electrons. The van der Waals surface area contributed by atoms with Gasteiger partial charge in [-0.15, -0.1) is 11.3 Å². The molecule has 6 heteroatoms. The summed E-state index contributed by atoms with van der Waals surface area (Å²) >= 11 is 2.86. The van der Waals surface area contributed by atoms with Gasteiger partial charge in [0.15, 0.2) is 10.2 Å². The van der Waals surface area contributed by atoms with E-state index in [2.05, 4.69) is 4.98 Å². The lowest BCUT2D eigenvalue weighted by atomic mass is 10.1. The second-order valence-corrected chi connectivity index (χ2v) is 6.89. The van der Waals surface area contributed by atoms with Gasteiger partial charge >= 0.3 is 0 Å². The Morgan fingerprint density at radius 1 is 1.56 bits per heavy atom. The maximum absolute atomic E-state index is 11.9. The second kappa shape index (κ2) is 5.40. The Kier molecular flexibility index (Phi) is 4.07. The topological polar surface area (TPSA) is 50.3 Å². The zero-order valence-electron chi connectivity index (χ0n) is 10.7. The Morgan fingerprint density at radius 3 is 2.83 bits per heavy atom. The third-order valence-electron chi connectivity index (χ3n) is 2.98. The van der Waals surface area contributed by atoms with E-state index in [1.807, 2.05) is 13.8 Å². The molecule has 2 rings (SSSR count). The molecule has 0 aliphatic carbocycles. The number of thioether (sulfide) groups is 1. The lowest BCUT2D eigenvalue weighted by molar-refractivity contribution is -0.117. The standard InChI is InChI=1S/C12H16N2O2S2/c1-7-8(2)18-12(13-7)14-5-10(4-11(14)16)6-17-9(3)15/h10H,4-6H2,1-3H3. The predicted octanol–water partition coefficient (Wildman–Crippen LogP) is 2.39. The van der Waals surface area contributed by atoms with Gasteiger partial charge in [0, 0.05) is 30.5 Å². The lowest BCUT2D eigenvalue weighted by Gasteiger charge is -2.12. The summed E-state index contributed by atoms with van der Waals surface area (Å²) in [6.07, 6.45) is 0.526. The predicted molar refractivity (Wildman–Crippen MR) is 75.2 cm³/mol. The third kappa shape index (κ3) is 2.92. The summed E-state index contributed by atoms with van der Waals surface area (Å²) in [5.74, 6) is 1.11. The van der Waals surface area contributed by atoms with E-state index < -0.39 is 0 Å². The van der Waals surface area contributed by atoms with Gasteiger partial charge in [0.1, 0.15) is 0 Å². The molecule has 1 aromatic rings. The van der Waals surface area contributed by atoms with Crippen LogP contribution in [0.25, 0.3) is 0 Å². The number of thiazole rings is 1. The van der Waals surface area contributed by atoms with Crippen molar-refractivity contribution in [2.45, 2.75) is 27.2 Å². The number of anilines is 1. The van der Waals surface area contributed by atoms with E-state index in [0.717, 1.165) is 21.5 Å². The Balaban J connectivity index is 2.03. The average molecular weight is 284 g/mol. The average Bonchev–Trinajstić information content (AvgIpc) is 2.80. The van der Waals surface area contributed by atoms with Gasteiger partial charge in [-0.3, -0.25) is 14.5 Å². The summed E-state index contributed by atoms with van der Waals surface area (Å²) in [5, 5.41) is 0.909. The van der Waals surface area contributed by atoms with Crippen LogP contribution < -0.4 is 4.90 Å². The number of nitrogens with zero attached hydrogens (tertiary/aromatic N) is 2. The Morgan fingerprint density at radius 2 is 2.28 bits per heavy atom. The number of carbonyl (C=O) groups is 2. The van der Waals surface area contributed by atoms with E-state index in [0.29, 0.717) is 13.0 Å². The molecule has 1 fully saturated rings. The van der Waals surface area contributed by atoms with Gasteiger partial charge in [-0.1, -0.05) is 11.8 Å². The SMILES string of the molecule is CC(=O)SCC1CC(=O)N(c2nc(C)c(C)s2)C1. The molecule has 0 radical (unpaired) electrons. The van der Waals surface area contributed by atoms with Gasteiger partial charge in [0.25, 0.3) is 0 Å². The fourth-order valence-electron chi connectivity index (χ4n) is 1.88. The molecule has 1 saturated heterocycles. The first kappa shape index (κ1) is 13.5. The van der Waals surface area contributed by atoms with Gasteiger partial charge in [0.2, 0.25) is 5.91 Å². The summed E-state index contributed by atoms with van der Waals surface area (Å²) < 4.78 is 0. The summed E-state index contributed by atoms with van der Waals surface area (Å²) in [6.45, 7) is 6.22. The second-order valence-electron chi connectivity index (χ2n) is 4.52. The Hall–Kier alpha value is -0.880. The van der Waals surface area contributed by atoms with Crippen LogP contribution in [0.2, 0.25) is 0 Å². The van der Waals surface area contributed by atoms with Crippen LogP contribution in [0.4, 0.5) is 5.13 Å². The number of hydrogen-bond donors (Lipinski definition) is 0. The van der Waals surface area contributed by atoms with Crippen molar-refractivity contribution < 1.29 is 9.59 Å². The molecular formula is C12H16N2O2S2. The largest absolute Gasteiger partial charge is 0.288 e. The summed E-state index contributed by atoms with van der Waals surface area (Å²) in [6, 6.07) is 0. The number of hydrogen-bond acceptors (Lipinski definition) is 5. The van der Waals surface area contributed by atoms with Crippen LogP contribution in [0.5, 0.6) is 0 Å². The van der Waals surface area contributed by atoms with E-state index in [1.165, 1.54) is 11.8 Å². The number of aromatic nitrogens is 1. The molecule has 0 saturated carbocycles. The van der Waals surface area contributed by atoms with Crippen LogP contribution in [-0.2, 0) is 9.59 Å². The number of amides is 1. The van der Waals surface area contributed by atoms with Crippen LogP contribution in [0.3, 0.4) is 0 Å². The molecule has 1 unspecified atom stereocenters. The maximum Gasteiger partial charge on any atom is 0.229 e. The number of carbonyl (C=O) groups excluding carboxylic acids is 2. The molecule has 1 atom stereocenters. The fourth-order valence-corrected chi connectivity index (χ4v) is 3.51. The zero-order chi connectivity index (χ0) is 13.3. The van der Waals surface area contributed by atoms with Crippen molar-refractivity contribution in [3.05, 3.63) is 10.6 Å².